The Bertz CT molecular complexity index is 1270. The first-order valence-electron chi connectivity index (χ1n) is 11.2. The summed E-state index contributed by atoms with van der Waals surface area (Å²) in [4.78, 5) is 12.9. The number of carbonyl (C=O) groups is 1. The van der Waals surface area contributed by atoms with Gasteiger partial charge in [-0.1, -0.05) is 25.0 Å². The van der Waals surface area contributed by atoms with Crippen LogP contribution in [0.4, 0.5) is 6.01 Å². The number of anilines is 1. The van der Waals surface area contributed by atoms with Gasteiger partial charge in [0.15, 0.2) is 0 Å². The molecule has 2 unspecified atom stereocenters. The van der Waals surface area contributed by atoms with Crippen LogP contribution < -0.4 is 14.8 Å². The number of hydrogen-bond donors (Lipinski definition) is 1. The zero-order valence-electron chi connectivity index (χ0n) is 20.0. The lowest BCUT2D eigenvalue weighted by atomic mass is 9.94. The van der Waals surface area contributed by atoms with Crippen LogP contribution in [-0.4, -0.2) is 56.1 Å². The van der Waals surface area contributed by atoms with Crippen molar-refractivity contribution in [1.29, 1.82) is 0 Å². The van der Waals surface area contributed by atoms with Crippen LogP contribution in [-0.2, 0) is 10.0 Å². The molecular formula is C24H28N4O6S. The highest BCUT2D eigenvalue weighted by molar-refractivity contribution is 7.89. The number of ether oxygens (including phenoxy) is 2. The Balaban J connectivity index is 1.49. The van der Waals surface area contributed by atoms with Crippen molar-refractivity contribution in [3.8, 4) is 23.0 Å². The second-order valence-electron chi connectivity index (χ2n) is 8.70. The number of aromatic nitrogens is 2. The number of benzene rings is 2. The first kappa shape index (κ1) is 24.7. The summed E-state index contributed by atoms with van der Waals surface area (Å²) in [5.41, 5.74) is 0.709. The van der Waals surface area contributed by atoms with Crippen molar-refractivity contribution in [3.63, 3.8) is 0 Å². The maximum absolute atomic E-state index is 13.1. The van der Waals surface area contributed by atoms with Crippen molar-refractivity contribution in [3.05, 3.63) is 48.0 Å². The van der Waals surface area contributed by atoms with Crippen molar-refractivity contribution >= 4 is 21.9 Å². The van der Waals surface area contributed by atoms with Gasteiger partial charge >= 0.3 is 6.01 Å². The third-order valence-electron chi connectivity index (χ3n) is 5.88. The maximum atomic E-state index is 13.1. The van der Waals surface area contributed by atoms with E-state index >= 15 is 0 Å². The zero-order chi connectivity index (χ0) is 25.2. The standard InChI is InChI=1S/C24H28N4O6S/c1-15-12-16(2)14-28(13-15)35(30,31)18-10-8-17(9-11-18)22(29)25-24-27-26-23(34-24)21-19(32-3)6-5-7-20(21)33-4/h5-11,15-16H,12-14H2,1-4H3,(H,25,27,29). The first-order chi connectivity index (χ1) is 16.7. The van der Waals surface area contributed by atoms with E-state index in [4.69, 9.17) is 13.9 Å². The Labute approximate surface area is 204 Å². The first-order valence-corrected chi connectivity index (χ1v) is 12.6. The molecule has 4 rings (SSSR count). The maximum Gasteiger partial charge on any atom is 0.322 e. The predicted octanol–water partition coefficient (Wildman–Crippen LogP) is 3.67. The van der Waals surface area contributed by atoms with E-state index in [-0.39, 0.29) is 22.4 Å². The molecule has 35 heavy (non-hydrogen) atoms. The van der Waals surface area contributed by atoms with Gasteiger partial charge in [-0.25, -0.2) is 8.42 Å². The normalized spacial score (nSPS) is 18.7. The molecule has 0 radical (unpaired) electrons. The molecule has 0 bridgehead atoms. The van der Waals surface area contributed by atoms with Gasteiger partial charge in [0.2, 0.25) is 10.0 Å². The van der Waals surface area contributed by atoms with E-state index in [2.05, 4.69) is 29.4 Å². The lowest BCUT2D eigenvalue weighted by Crippen LogP contribution is -2.42. The minimum Gasteiger partial charge on any atom is -0.496 e. The monoisotopic (exact) mass is 500 g/mol. The third-order valence-corrected chi connectivity index (χ3v) is 7.72. The molecule has 11 heteroatoms. The van der Waals surface area contributed by atoms with Gasteiger partial charge in [0.25, 0.3) is 11.8 Å². The number of nitrogens with zero attached hydrogens (tertiary/aromatic N) is 3. The van der Waals surface area contributed by atoms with E-state index in [1.165, 1.54) is 42.8 Å². The average molecular weight is 501 g/mol. The molecule has 2 heterocycles. The molecule has 1 aromatic heterocycles. The number of piperidine rings is 1. The summed E-state index contributed by atoms with van der Waals surface area (Å²) in [6.07, 6.45) is 1.01. The second-order valence-corrected chi connectivity index (χ2v) is 10.6. The van der Waals surface area contributed by atoms with Crippen LogP contribution in [0.15, 0.2) is 51.8 Å². The number of rotatable bonds is 7. The van der Waals surface area contributed by atoms with Gasteiger partial charge in [-0.2, -0.15) is 4.31 Å². The Morgan fingerprint density at radius 1 is 1.00 bits per heavy atom. The number of carbonyl (C=O) groups excluding carboxylic acids is 1. The highest BCUT2D eigenvalue weighted by atomic mass is 32.2. The predicted molar refractivity (Wildman–Crippen MR) is 129 cm³/mol. The number of hydrogen-bond acceptors (Lipinski definition) is 8. The topological polar surface area (TPSA) is 124 Å². The van der Waals surface area contributed by atoms with Crippen LogP contribution in [0.25, 0.3) is 11.5 Å². The van der Waals surface area contributed by atoms with Crippen molar-refractivity contribution in [2.75, 3.05) is 32.6 Å². The lowest BCUT2D eigenvalue weighted by Gasteiger charge is -2.34. The van der Waals surface area contributed by atoms with Gasteiger partial charge in [0, 0.05) is 18.7 Å². The van der Waals surface area contributed by atoms with Crippen LogP contribution in [0.5, 0.6) is 11.5 Å². The molecule has 1 N–H and O–H groups in total. The Morgan fingerprint density at radius 2 is 1.60 bits per heavy atom. The highest BCUT2D eigenvalue weighted by Gasteiger charge is 2.31. The van der Waals surface area contributed by atoms with Crippen molar-refractivity contribution in [1.82, 2.24) is 14.5 Å². The number of methoxy groups -OCH3 is 2. The molecule has 1 saturated heterocycles. The molecule has 0 aliphatic carbocycles. The van der Waals surface area contributed by atoms with Crippen LogP contribution in [0.3, 0.4) is 0 Å². The molecule has 1 amide bonds. The van der Waals surface area contributed by atoms with Crippen molar-refractivity contribution < 1.29 is 27.1 Å². The number of sulfonamides is 1. The molecule has 1 aliphatic heterocycles. The highest BCUT2D eigenvalue weighted by Crippen LogP contribution is 2.37. The van der Waals surface area contributed by atoms with Gasteiger partial charge in [0.05, 0.1) is 19.1 Å². The second kappa shape index (κ2) is 10.0. The molecule has 10 nitrogen and oxygen atoms in total. The van der Waals surface area contributed by atoms with Gasteiger partial charge in [0.1, 0.15) is 17.1 Å². The van der Waals surface area contributed by atoms with Gasteiger partial charge in [-0.05, 0) is 54.7 Å². The molecule has 0 saturated carbocycles. The summed E-state index contributed by atoms with van der Waals surface area (Å²) < 4.78 is 44.0. The van der Waals surface area contributed by atoms with Crippen molar-refractivity contribution in [2.24, 2.45) is 11.8 Å². The van der Waals surface area contributed by atoms with E-state index < -0.39 is 15.9 Å². The van der Waals surface area contributed by atoms with Crippen molar-refractivity contribution in [2.45, 2.75) is 25.2 Å². The fourth-order valence-electron chi connectivity index (χ4n) is 4.34. The fourth-order valence-corrected chi connectivity index (χ4v) is 6.02. The van der Waals surface area contributed by atoms with Gasteiger partial charge < -0.3 is 13.9 Å². The number of amides is 1. The van der Waals surface area contributed by atoms with E-state index in [1.807, 2.05) is 0 Å². The summed E-state index contributed by atoms with van der Waals surface area (Å²) in [6.45, 7) is 5.09. The molecule has 1 aliphatic rings. The molecule has 0 spiro atoms. The minimum atomic E-state index is -3.63. The van der Waals surface area contributed by atoms with Crippen LogP contribution in [0.1, 0.15) is 30.6 Å². The third kappa shape index (κ3) is 5.15. The summed E-state index contributed by atoms with van der Waals surface area (Å²) in [5.74, 6) is 1.14. The molecule has 2 atom stereocenters. The molecule has 3 aromatic rings. The fraction of sp³-hybridized carbons (Fsp3) is 0.375. The van der Waals surface area contributed by atoms with E-state index in [0.29, 0.717) is 42.0 Å². The SMILES string of the molecule is COc1cccc(OC)c1-c1nnc(NC(=O)c2ccc(S(=O)(=O)N3CC(C)CC(C)C3)cc2)o1. The minimum absolute atomic E-state index is 0.112. The summed E-state index contributed by atoms with van der Waals surface area (Å²) in [7, 11) is -0.618. The molecule has 1 fully saturated rings. The number of nitrogens with one attached hydrogen (secondary N) is 1. The quantitative estimate of drug-likeness (QED) is 0.521. The van der Waals surface area contributed by atoms with E-state index in [9.17, 15) is 13.2 Å². The molecular weight excluding hydrogens is 472 g/mol. The van der Waals surface area contributed by atoms with Crippen LogP contribution >= 0.6 is 0 Å². The average Bonchev–Trinajstić information content (AvgIpc) is 3.30. The lowest BCUT2D eigenvalue weighted by molar-refractivity contribution is 0.102. The largest absolute Gasteiger partial charge is 0.496 e. The Kier molecular flexibility index (Phi) is 7.08. The summed E-state index contributed by atoms with van der Waals surface area (Å²) in [6, 6.07) is 10.9. The molecule has 186 valence electrons. The molecule has 2 aromatic carbocycles. The van der Waals surface area contributed by atoms with Gasteiger partial charge in [-0.3, -0.25) is 10.1 Å². The summed E-state index contributed by atoms with van der Waals surface area (Å²) >= 11 is 0. The van der Waals surface area contributed by atoms with Crippen LogP contribution in [0, 0.1) is 11.8 Å². The smallest absolute Gasteiger partial charge is 0.322 e. The van der Waals surface area contributed by atoms with E-state index in [0.717, 1.165) is 6.42 Å². The Hall–Kier alpha value is -3.44. The van der Waals surface area contributed by atoms with Crippen LogP contribution in [0.2, 0.25) is 0 Å². The van der Waals surface area contributed by atoms with E-state index in [1.54, 1.807) is 18.2 Å². The van der Waals surface area contributed by atoms with Gasteiger partial charge in [-0.15, -0.1) is 5.10 Å². The Morgan fingerprint density at radius 3 is 2.17 bits per heavy atom. The summed E-state index contributed by atoms with van der Waals surface area (Å²) in [5, 5.41) is 10.4. The zero-order valence-corrected chi connectivity index (χ0v) is 20.8.